The van der Waals surface area contributed by atoms with Crippen LogP contribution in [-0.4, -0.2) is 13.1 Å². The fourth-order valence-electron chi connectivity index (χ4n) is 1.20. The molecule has 0 unspecified atom stereocenters. The van der Waals surface area contributed by atoms with E-state index in [0.29, 0.717) is 6.54 Å². The van der Waals surface area contributed by atoms with Crippen LogP contribution < -0.4 is 11.1 Å². The average Bonchev–Trinajstić information content (AvgIpc) is 2.19. The molecule has 3 N–H and O–H groups in total. The third-order valence-electron chi connectivity index (χ3n) is 2.12. The number of hydrogen-bond donors (Lipinski definition) is 2. The maximum Gasteiger partial charge on any atom is 0.0340 e. The van der Waals surface area contributed by atoms with E-state index in [2.05, 4.69) is 43.1 Å². The summed E-state index contributed by atoms with van der Waals surface area (Å²) in [6, 6.07) is 8.33. The third-order valence-corrected chi connectivity index (χ3v) is 2.12. The molecule has 2 nitrogen and oxygen atoms in total. The number of nitrogens with two attached hydrogens (primary N) is 1. The molecule has 14 heavy (non-hydrogen) atoms. The molecule has 0 aliphatic rings. The van der Waals surface area contributed by atoms with Crippen LogP contribution in [0.15, 0.2) is 30.8 Å². The highest BCUT2D eigenvalue weighted by Crippen LogP contribution is 2.10. The Hall–Kier alpha value is -1.28. The second-order valence-electron chi connectivity index (χ2n) is 3.41. The van der Waals surface area contributed by atoms with Crippen LogP contribution in [0.25, 0.3) is 5.70 Å². The molecule has 1 aromatic rings. The molecule has 76 valence electrons. The average molecular weight is 190 g/mol. The summed E-state index contributed by atoms with van der Waals surface area (Å²) >= 11 is 0. The lowest BCUT2D eigenvalue weighted by Gasteiger charge is -2.09. The van der Waals surface area contributed by atoms with Crippen LogP contribution in [0, 0.1) is 6.92 Å². The smallest absolute Gasteiger partial charge is 0.0340 e. The molecule has 0 atom stereocenters. The van der Waals surface area contributed by atoms with Crippen molar-refractivity contribution in [1.29, 1.82) is 0 Å². The summed E-state index contributed by atoms with van der Waals surface area (Å²) in [6.45, 7) is 7.66. The standard InChI is InChI=1S/C12H18N2/c1-10-4-6-12(7-5-10)11(2)14-9-3-8-13/h4-7,14H,2-3,8-9,13H2,1H3. The quantitative estimate of drug-likeness (QED) is 0.696. The van der Waals surface area contributed by atoms with Crippen LogP contribution >= 0.6 is 0 Å². The molecule has 0 aliphatic carbocycles. The van der Waals surface area contributed by atoms with Gasteiger partial charge in [0.1, 0.15) is 0 Å². The van der Waals surface area contributed by atoms with Gasteiger partial charge in [0.15, 0.2) is 0 Å². The van der Waals surface area contributed by atoms with Gasteiger partial charge in [-0.05, 0) is 25.5 Å². The predicted octanol–water partition coefficient (Wildman–Crippen LogP) is 1.90. The third kappa shape index (κ3) is 3.23. The minimum absolute atomic E-state index is 0.716. The van der Waals surface area contributed by atoms with Gasteiger partial charge >= 0.3 is 0 Å². The Labute approximate surface area is 85.8 Å². The summed E-state index contributed by atoms with van der Waals surface area (Å²) in [5.41, 5.74) is 8.79. The van der Waals surface area contributed by atoms with Crippen molar-refractivity contribution in [2.75, 3.05) is 13.1 Å². The molecule has 0 saturated heterocycles. The normalized spacial score (nSPS) is 9.86. The maximum absolute atomic E-state index is 5.40. The lowest BCUT2D eigenvalue weighted by molar-refractivity contribution is 0.773. The predicted molar refractivity (Wildman–Crippen MR) is 61.9 cm³/mol. The Morgan fingerprint density at radius 3 is 2.57 bits per heavy atom. The van der Waals surface area contributed by atoms with Crippen LogP contribution in [0.1, 0.15) is 17.5 Å². The number of aryl methyl sites for hydroxylation is 1. The molecular formula is C12H18N2. The number of hydrogen-bond acceptors (Lipinski definition) is 2. The molecule has 1 rings (SSSR count). The lowest BCUT2D eigenvalue weighted by atomic mass is 10.1. The van der Waals surface area contributed by atoms with E-state index < -0.39 is 0 Å². The Morgan fingerprint density at radius 1 is 1.36 bits per heavy atom. The summed E-state index contributed by atoms with van der Waals surface area (Å²) < 4.78 is 0. The molecule has 0 bridgehead atoms. The van der Waals surface area contributed by atoms with Gasteiger partial charge in [0, 0.05) is 12.2 Å². The zero-order valence-electron chi connectivity index (χ0n) is 8.72. The van der Waals surface area contributed by atoms with Gasteiger partial charge in [-0.3, -0.25) is 0 Å². The van der Waals surface area contributed by atoms with Gasteiger partial charge in [-0.15, -0.1) is 0 Å². The van der Waals surface area contributed by atoms with E-state index in [-0.39, 0.29) is 0 Å². The van der Waals surface area contributed by atoms with Gasteiger partial charge in [-0.2, -0.15) is 0 Å². The molecule has 0 saturated carbocycles. The van der Waals surface area contributed by atoms with Crippen molar-refractivity contribution in [2.45, 2.75) is 13.3 Å². The molecular weight excluding hydrogens is 172 g/mol. The Balaban J connectivity index is 2.48. The fraction of sp³-hybridized carbons (Fsp3) is 0.333. The second kappa shape index (κ2) is 5.45. The molecule has 2 heteroatoms. The first-order valence-electron chi connectivity index (χ1n) is 4.94. The Morgan fingerprint density at radius 2 is 2.00 bits per heavy atom. The molecule has 0 spiro atoms. The van der Waals surface area contributed by atoms with E-state index in [0.717, 1.165) is 24.2 Å². The SMILES string of the molecule is C=C(NCCCN)c1ccc(C)cc1. The number of benzene rings is 1. The largest absolute Gasteiger partial charge is 0.385 e. The van der Waals surface area contributed by atoms with Gasteiger partial charge in [0.25, 0.3) is 0 Å². The first-order valence-corrected chi connectivity index (χ1v) is 4.94. The van der Waals surface area contributed by atoms with Crippen LogP contribution in [0.3, 0.4) is 0 Å². The first-order chi connectivity index (χ1) is 6.74. The van der Waals surface area contributed by atoms with Crippen molar-refractivity contribution in [3.63, 3.8) is 0 Å². The monoisotopic (exact) mass is 190 g/mol. The summed E-state index contributed by atoms with van der Waals surface area (Å²) in [4.78, 5) is 0. The molecule has 1 aromatic carbocycles. The summed E-state index contributed by atoms with van der Waals surface area (Å²) in [5, 5.41) is 3.24. The van der Waals surface area contributed by atoms with Crippen molar-refractivity contribution >= 4 is 5.70 Å². The van der Waals surface area contributed by atoms with Crippen molar-refractivity contribution in [3.05, 3.63) is 42.0 Å². The molecule has 0 aromatic heterocycles. The van der Waals surface area contributed by atoms with E-state index in [1.807, 2.05) is 0 Å². The van der Waals surface area contributed by atoms with Crippen molar-refractivity contribution in [1.82, 2.24) is 5.32 Å². The topological polar surface area (TPSA) is 38.0 Å². The van der Waals surface area contributed by atoms with Gasteiger partial charge in [0.05, 0.1) is 0 Å². The highest BCUT2D eigenvalue weighted by Gasteiger charge is 1.96. The molecule has 0 heterocycles. The number of rotatable bonds is 5. The molecule has 0 fully saturated rings. The fourth-order valence-corrected chi connectivity index (χ4v) is 1.20. The van der Waals surface area contributed by atoms with Crippen LogP contribution in [0.4, 0.5) is 0 Å². The summed E-state index contributed by atoms with van der Waals surface area (Å²) in [6.07, 6.45) is 0.977. The van der Waals surface area contributed by atoms with Crippen molar-refractivity contribution in [3.8, 4) is 0 Å². The summed E-state index contributed by atoms with van der Waals surface area (Å²) in [7, 11) is 0. The molecule has 0 aliphatic heterocycles. The van der Waals surface area contributed by atoms with E-state index >= 15 is 0 Å². The van der Waals surface area contributed by atoms with Crippen molar-refractivity contribution in [2.24, 2.45) is 5.73 Å². The van der Waals surface area contributed by atoms with Crippen LogP contribution in [0.5, 0.6) is 0 Å². The zero-order chi connectivity index (χ0) is 10.4. The molecule has 0 radical (unpaired) electrons. The van der Waals surface area contributed by atoms with Gasteiger partial charge in [-0.25, -0.2) is 0 Å². The zero-order valence-corrected chi connectivity index (χ0v) is 8.72. The minimum Gasteiger partial charge on any atom is -0.385 e. The Kier molecular flexibility index (Phi) is 4.20. The highest BCUT2D eigenvalue weighted by molar-refractivity contribution is 5.61. The lowest BCUT2D eigenvalue weighted by Crippen LogP contribution is -2.16. The van der Waals surface area contributed by atoms with Gasteiger partial charge in [0.2, 0.25) is 0 Å². The van der Waals surface area contributed by atoms with E-state index in [4.69, 9.17) is 5.73 Å². The second-order valence-corrected chi connectivity index (χ2v) is 3.41. The molecule has 0 amide bonds. The highest BCUT2D eigenvalue weighted by atomic mass is 14.9. The van der Waals surface area contributed by atoms with Gasteiger partial charge in [-0.1, -0.05) is 36.4 Å². The van der Waals surface area contributed by atoms with E-state index in [1.165, 1.54) is 5.56 Å². The van der Waals surface area contributed by atoms with Crippen molar-refractivity contribution < 1.29 is 0 Å². The van der Waals surface area contributed by atoms with Crippen LogP contribution in [-0.2, 0) is 0 Å². The minimum atomic E-state index is 0.716. The van der Waals surface area contributed by atoms with E-state index in [1.54, 1.807) is 0 Å². The van der Waals surface area contributed by atoms with Gasteiger partial charge < -0.3 is 11.1 Å². The Bertz CT molecular complexity index is 288. The summed E-state index contributed by atoms with van der Waals surface area (Å²) in [5.74, 6) is 0. The van der Waals surface area contributed by atoms with E-state index in [9.17, 15) is 0 Å². The van der Waals surface area contributed by atoms with Crippen LogP contribution in [0.2, 0.25) is 0 Å². The number of nitrogens with one attached hydrogen (secondary N) is 1. The first kappa shape index (κ1) is 10.8. The maximum atomic E-state index is 5.40.